The largest absolute Gasteiger partial charge is 0.397 e. The molecule has 4 rings (SSSR count). The first kappa shape index (κ1) is 18.1. The number of hydrogen-bond donors (Lipinski definition) is 3. The summed E-state index contributed by atoms with van der Waals surface area (Å²) >= 11 is 0. The third kappa shape index (κ3) is 3.44. The Hall–Kier alpha value is -3.32. The van der Waals surface area contributed by atoms with Gasteiger partial charge in [-0.2, -0.15) is 0 Å². The van der Waals surface area contributed by atoms with E-state index in [0.29, 0.717) is 29.2 Å². The summed E-state index contributed by atoms with van der Waals surface area (Å²) in [4.78, 5) is 15.3. The number of anilines is 2. The monoisotopic (exact) mass is 374 g/mol. The van der Waals surface area contributed by atoms with Crippen LogP contribution in [0.5, 0.6) is 0 Å². The van der Waals surface area contributed by atoms with Crippen LogP contribution in [0.1, 0.15) is 23.2 Å². The summed E-state index contributed by atoms with van der Waals surface area (Å²) in [5, 5.41) is 18.5. The predicted octanol–water partition coefficient (Wildman–Crippen LogP) is 2.42. The van der Waals surface area contributed by atoms with Crippen molar-refractivity contribution >= 4 is 17.2 Å². The summed E-state index contributed by atoms with van der Waals surface area (Å²) in [6.07, 6.45) is 5.40. The van der Waals surface area contributed by atoms with Crippen LogP contribution in [0.2, 0.25) is 0 Å². The molecule has 0 radical (unpaired) electrons. The minimum Gasteiger partial charge on any atom is -0.397 e. The van der Waals surface area contributed by atoms with Crippen LogP contribution in [0.15, 0.2) is 48.9 Å². The fourth-order valence-corrected chi connectivity index (χ4v) is 3.40. The average Bonchev–Trinajstić information content (AvgIpc) is 3.15. The summed E-state index contributed by atoms with van der Waals surface area (Å²) in [7, 11) is 0. The number of nitrogens with one attached hydrogen (secondary N) is 1. The summed E-state index contributed by atoms with van der Waals surface area (Å²) in [5.41, 5.74) is 10.5. The molecular formula is C21H22N6O. The van der Waals surface area contributed by atoms with E-state index in [4.69, 9.17) is 16.1 Å². The van der Waals surface area contributed by atoms with Gasteiger partial charge in [0.1, 0.15) is 5.82 Å². The maximum Gasteiger partial charge on any atom is 0.132 e. The Balaban J connectivity index is 1.70. The minimum absolute atomic E-state index is 0.242. The van der Waals surface area contributed by atoms with Gasteiger partial charge in [0.2, 0.25) is 0 Å². The van der Waals surface area contributed by atoms with Crippen molar-refractivity contribution in [1.29, 1.82) is 5.41 Å². The standard InChI is InChI=1S/C21H22N6O/c1-13-4-5-18(26-21(13)27-8-6-15(28)12-27)20(23)16-9-19(25-11-17(16)22)14-3-2-7-24-10-14/h2-5,7,9-11,15,23,28H,6,8,12,22H2,1H3. The van der Waals surface area contributed by atoms with E-state index in [-0.39, 0.29) is 11.8 Å². The van der Waals surface area contributed by atoms with E-state index < -0.39 is 0 Å². The zero-order valence-electron chi connectivity index (χ0n) is 15.6. The normalized spacial score (nSPS) is 16.4. The molecule has 0 saturated carbocycles. The number of nitrogen functional groups attached to an aromatic ring is 1. The van der Waals surface area contributed by atoms with Crippen molar-refractivity contribution in [3.8, 4) is 11.3 Å². The van der Waals surface area contributed by atoms with Gasteiger partial charge in [0.25, 0.3) is 0 Å². The van der Waals surface area contributed by atoms with Gasteiger partial charge in [-0.1, -0.05) is 6.07 Å². The molecule has 142 valence electrons. The molecular weight excluding hydrogens is 352 g/mol. The van der Waals surface area contributed by atoms with Gasteiger partial charge in [0.05, 0.1) is 35.1 Å². The van der Waals surface area contributed by atoms with Crippen LogP contribution < -0.4 is 10.6 Å². The zero-order chi connectivity index (χ0) is 19.7. The van der Waals surface area contributed by atoms with Crippen LogP contribution in [0.4, 0.5) is 11.5 Å². The third-order valence-corrected chi connectivity index (χ3v) is 4.95. The number of nitrogens with two attached hydrogens (primary N) is 1. The number of β-amino-alcohol motifs (C(OH)–C–C–N with tert-alkyl or cyclic N) is 1. The van der Waals surface area contributed by atoms with Gasteiger partial charge in [-0.25, -0.2) is 4.98 Å². The third-order valence-electron chi connectivity index (χ3n) is 4.95. The molecule has 1 aliphatic heterocycles. The Morgan fingerprint density at radius 2 is 2.14 bits per heavy atom. The second kappa shape index (κ2) is 7.36. The van der Waals surface area contributed by atoms with Crippen LogP contribution in [-0.2, 0) is 0 Å². The lowest BCUT2D eigenvalue weighted by molar-refractivity contribution is 0.198. The van der Waals surface area contributed by atoms with Crippen LogP contribution in [0.3, 0.4) is 0 Å². The Morgan fingerprint density at radius 1 is 1.29 bits per heavy atom. The van der Waals surface area contributed by atoms with E-state index in [0.717, 1.165) is 29.9 Å². The lowest BCUT2D eigenvalue weighted by Gasteiger charge is -2.20. The highest BCUT2D eigenvalue weighted by molar-refractivity contribution is 6.13. The fraction of sp³-hybridized carbons (Fsp3) is 0.238. The molecule has 4 N–H and O–H groups in total. The quantitative estimate of drug-likeness (QED) is 0.605. The van der Waals surface area contributed by atoms with Gasteiger partial charge in [0, 0.05) is 36.6 Å². The topological polar surface area (TPSA) is 112 Å². The molecule has 0 bridgehead atoms. The Morgan fingerprint density at radius 3 is 2.86 bits per heavy atom. The van der Waals surface area contributed by atoms with Crippen LogP contribution in [0.25, 0.3) is 11.3 Å². The maximum atomic E-state index is 9.84. The van der Waals surface area contributed by atoms with Crippen LogP contribution >= 0.6 is 0 Å². The number of rotatable bonds is 4. The van der Waals surface area contributed by atoms with Crippen molar-refractivity contribution in [3.63, 3.8) is 0 Å². The van der Waals surface area contributed by atoms with Gasteiger partial charge in [-0.15, -0.1) is 0 Å². The van der Waals surface area contributed by atoms with Crippen molar-refractivity contribution in [2.45, 2.75) is 19.4 Å². The van der Waals surface area contributed by atoms with E-state index in [1.807, 2.05) is 31.2 Å². The van der Waals surface area contributed by atoms with Crippen molar-refractivity contribution in [1.82, 2.24) is 15.0 Å². The van der Waals surface area contributed by atoms with E-state index in [1.165, 1.54) is 0 Å². The molecule has 7 heteroatoms. The molecule has 3 aromatic rings. The van der Waals surface area contributed by atoms with Crippen LogP contribution in [-0.4, -0.2) is 45.0 Å². The van der Waals surface area contributed by atoms with Gasteiger partial charge in [-0.05, 0) is 43.2 Å². The van der Waals surface area contributed by atoms with Crippen molar-refractivity contribution in [2.75, 3.05) is 23.7 Å². The number of aromatic nitrogens is 3. The molecule has 1 fully saturated rings. The molecule has 3 aromatic heterocycles. The predicted molar refractivity (Wildman–Crippen MR) is 110 cm³/mol. The first-order valence-corrected chi connectivity index (χ1v) is 9.19. The van der Waals surface area contributed by atoms with E-state index >= 15 is 0 Å². The second-order valence-electron chi connectivity index (χ2n) is 7.00. The molecule has 1 unspecified atom stereocenters. The van der Waals surface area contributed by atoms with E-state index in [1.54, 1.807) is 24.7 Å². The molecule has 1 saturated heterocycles. The first-order valence-electron chi connectivity index (χ1n) is 9.19. The Kier molecular flexibility index (Phi) is 4.75. The molecule has 0 aliphatic carbocycles. The Labute approximate surface area is 163 Å². The molecule has 1 atom stereocenters. The summed E-state index contributed by atoms with van der Waals surface area (Å²) < 4.78 is 0. The second-order valence-corrected chi connectivity index (χ2v) is 7.00. The number of nitrogens with zero attached hydrogens (tertiary/aromatic N) is 4. The lowest BCUT2D eigenvalue weighted by atomic mass is 10.0. The minimum atomic E-state index is -0.331. The average molecular weight is 374 g/mol. The Bertz CT molecular complexity index is 1020. The van der Waals surface area contributed by atoms with Crippen LogP contribution in [0, 0.1) is 12.3 Å². The van der Waals surface area contributed by atoms with Gasteiger partial charge in [-0.3, -0.25) is 15.4 Å². The number of aliphatic hydroxyl groups excluding tert-OH is 1. The molecule has 4 heterocycles. The molecule has 1 aliphatic rings. The SMILES string of the molecule is Cc1ccc(C(=N)c2cc(-c3cccnc3)ncc2N)nc1N1CCC(O)C1. The lowest BCUT2D eigenvalue weighted by Crippen LogP contribution is -2.24. The molecule has 0 spiro atoms. The summed E-state index contributed by atoms with van der Waals surface area (Å²) in [6.45, 7) is 3.31. The highest BCUT2D eigenvalue weighted by Crippen LogP contribution is 2.26. The number of pyridine rings is 3. The molecule has 28 heavy (non-hydrogen) atoms. The highest BCUT2D eigenvalue weighted by Gasteiger charge is 2.23. The number of aryl methyl sites for hydroxylation is 1. The van der Waals surface area contributed by atoms with E-state index in [2.05, 4.69) is 14.9 Å². The van der Waals surface area contributed by atoms with Crippen molar-refractivity contribution in [3.05, 3.63) is 65.7 Å². The van der Waals surface area contributed by atoms with Gasteiger partial charge < -0.3 is 15.7 Å². The smallest absolute Gasteiger partial charge is 0.132 e. The molecule has 0 aromatic carbocycles. The molecule has 0 amide bonds. The van der Waals surface area contributed by atoms with Gasteiger partial charge >= 0.3 is 0 Å². The van der Waals surface area contributed by atoms with Gasteiger partial charge in [0.15, 0.2) is 0 Å². The zero-order valence-corrected chi connectivity index (χ0v) is 15.6. The maximum absolute atomic E-state index is 9.84. The summed E-state index contributed by atoms with van der Waals surface area (Å²) in [5.74, 6) is 0.805. The fourth-order valence-electron chi connectivity index (χ4n) is 3.40. The number of hydrogen-bond acceptors (Lipinski definition) is 7. The first-order chi connectivity index (χ1) is 13.5. The summed E-state index contributed by atoms with van der Waals surface area (Å²) in [6, 6.07) is 9.35. The van der Waals surface area contributed by atoms with E-state index in [9.17, 15) is 5.11 Å². The molecule has 7 nitrogen and oxygen atoms in total. The number of aliphatic hydroxyl groups is 1. The van der Waals surface area contributed by atoms with Crippen molar-refractivity contribution in [2.24, 2.45) is 0 Å². The highest BCUT2D eigenvalue weighted by atomic mass is 16.3. The van der Waals surface area contributed by atoms with Crippen molar-refractivity contribution < 1.29 is 5.11 Å².